The van der Waals surface area contributed by atoms with Gasteiger partial charge in [-0.2, -0.15) is 0 Å². The summed E-state index contributed by atoms with van der Waals surface area (Å²) in [5, 5.41) is 0. The van der Waals surface area contributed by atoms with E-state index in [0.717, 1.165) is 6.42 Å². The average Bonchev–Trinajstić information content (AvgIpc) is 3.24. The van der Waals surface area contributed by atoms with Gasteiger partial charge in [-0.15, -0.1) is 0 Å². The highest BCUT2D eigenvalue weighted by atomic mass is 16.6. The third kappa shape index (κ3) is 4.95. The van der Waals surface area contributed by atoms with Crippen molar-refractivity contribution >= 4 is 23.7 Å². The van der Waals surface area contributed by atoms with Gasteiger partial charge in [0.2, 0.25) is 5.78 Å². The minimum atomic E-state index is -1.69. The topological polar surface area (TPSA) is 96.0 Å². The molecule has 0 aromatic heterocycles. The van der Waals surface area contributed by atoms with Gasteiger partial charge in [-0.25, -0.2) is 4.79 Å². The molecule has 7 nitrogen and oxygen atoms in total. The molecule has 0 N–H and O–H groups in total. The van der Waals surface area contributed by atoms with Crippen LogP contribution in [-0.2, 0) is 28.6 Å². The number of hydrogen-bond acceptors (Lipinski definition) is 7. The molecule has 4 rings (SSSR count). The first-order valence-electron chi connectivity index (χ1n) is 13.3. The molecule has 0 amide bonds. The highest BCUT2D eigenvalue weighted by Crippen LogP contribution is 2.62. The number of allylic oxidation sites excluding steroid dienone is 1. The van der Waals surface area contributed by atoms with Gasteiger partial charge in [0, 0.05) is 20.3 Å². The van der Waals surface area contributed by atoms with Crippen molar-refractivity contribution in [3.05, 3.63) is 59.7 Å². The van der Waals surface area contributed by atoms with E-state index in [9.17, 15) is 19.2 Å². The van der Waals surface area contributed by atoms with E-state index in [-0.39, 0.29) is 29.5 Å². The van der Waals surface area contributed by atoms with Gasteiger partial charge in [0.05, 0.1) is 11.5 Å². The van der Waals surface area contributed by atoms with E-state index in [1.807, 2.05) is 13.0 Å². The molecule has 0 unspecified atom stereocenters. The summed E-state index contributed by atoms with van der Waals surface area (Å²) in [7, 11) is 0. The SMILES string of the molecule is C=C1CC[C@@H]2[C@H](/C=C(\C)C(=O)[C@@]3(OC(C)=O)C[C@H](C)[C@H](OC(=O)c4ccccc4)[C@@H]3[C@@H]1OC(C)=O)C2(C)C. The first-order valence-corrected chi connectivity index (χ1v) is 13.3. The van der Waals surface area contributed by atoms with Gasteiger partial charge in [-0.05, 0) is 66.2 Å². The normalized spacial score (nSPS) is 35.5. The van der Waals surface area contributed by atoms with Crippen LogP contribution in [0.1, 0.15) is 71.2 Å². The standard InChI is InChI=1S/C31H38O7/c1-17-13-14-23-24(30(23,6)7)15-18(2)28(34)31(38-21(5)33)16-19(3)27(25(31)26(17)36-20(4)32)37-29(35)22-11-9-8-10-12-22/h8-12,15,19,23-27H,1,13-14,16H2,2-7H3/b18-15+/t19-,23+,24-,25-,26+,27-,31+/m0/s1. The maximum atomic E-state index is 14.3. The van der Waals surface area contributed by atoms with Crippen LogP contribution in [0.3, 0.4) is 0 Å². The molecule has 204 valence electrons. The van der Waals surface area contributed by atoms with Crippen LogP contribution in [0.15, 0.2) is 54.1 Å². The van der Waals surface area contributed by atoms with Gasteiger partial charge in [-0.1, -0.05) is 51.6 Å². The minimum Gasteiger partial charge on any atom is -0.458 e. The van der Waals surface area contributed by atoms with Crippen molar-refractivity contribution in [2.24, 2.45) is 29.1 Å². The molecule has 0 heterocycles. The van der Waals surface area contributed by atoms with Gasteiger partial charge in [0.25, 0.3) is 0 Å². The number of ketones is 1. The van der Waals surface area contributed by atoms with E-state index in [0.29, 0.717) is 29.0 Å². The van der Waals surface area contributed by atoms with E-state index in [2.05, 4.69) is 20.4 Å². The molecule has 0 radical (unpaired) electrons. The Morgan fingerprint density at radius 3 is 2.29 bits per heavy atom. The fourth-order valence-corrected chi connectivity index (χ4v) is 6.80. The van der Waals surface area contributed by atoms with Crippen molar-refractivity contribution in [1.82, 2.24) is 0 Å². The predicted octanol–water partition coefficient (Wildman–Crippen LogP) is 5.24. The second kappa shape index (κ2) is 10.2. The van der Waals surface area contributed by atoms with E-state index in [1.54, 1.807) is 37.3 Å². The Kier molecular flexibility index (Phi) is 7.43. The summed E-state index contributed by atoms with van der Waals surface area (Å²) >= 11 is 0. The van der Waals surface area contributed by atoms with E-state index >= 15 is 0 Å². The fourth-order valence-electron chi connectivity index (χ4n) is 6.80. The third-order valence-corrected chi connectivity index (χ3v) is 8.77. The second-order valence-corrected chi connectivity index (χ2v) is 11.8. The fraction of sp³-hybridized carbons (Fsp3) is 0.548. The molecule has 0 aliphatic heterocycles. The largest absolute Gasteiger partial charge is 0.458 e. The number of Topliss-reactive ketones (excluding diaryl/α,β-unsaturated/α-hetero) is 1. The Morgan fingerprint density at radius 1 is 1.03 bits per heavy atom. The molecule has 0 saturated heterocycles. The van der Waals surface area contributed by atoms with Gasteiger partial charge in [0.15, 0.2) is 5.60 Å². The molecule has 1 aromatic carbocycles. The van der Waals surface area contributed by atoms with Crippen molar-refractivity contribution in [1.29, 1.82) is 0 Å². The van der Waals surface area contributed by atoms with Crippen molar-refractivity contribution in [3.63, 3.8) is 0 Å². The molecule has 0 bridgehead atoms. The molecule has 7 heteroatoms. The summed E-state index contributed by atoms with van der Waals surface area (Å²) in [5.74, 6) is -2.89. The number of fused-ring (bicyclic) bond motifs is 2. The van der Waals surface area contributed by atoms with E-state index in [4.69, 9.17) is 14.2 Å². The monoisotopic (exact) mass is 522 g/mol. The molecule has 1 aromatic rings. The zero-order chi connectivity index (χ0) is 28.0. The quantitative estimate of drug-likeness (QED) is 0.303. The Morgan fingerprint density at radius 2 is 1.68 bits per heavy atom. The van der Waals surface area contributed by atoms with Crippen LogP contribution in [-0.4, -0.2) is 41.5 Å². The molecule has 0 spiro atoms. The van der Waals surface area contributed by atoms with Crippen LogP contribution in [0.25, 0.3) is 0 Å². The number of carbonyl (C=O) groups excluding carboxylic acids is 4. The molecule has 3 aliphatic carbocycles. The highest BCUT2D eigenvalue weighted by Gasteiger charge is 2.65. The number of ether oxygens (including phenoxy) is 3. The maximum Gasteiger partial charge on any atom is 0.338 e. The first kappa shape index (κ1) is 27.8. The highest BCUT2D eigenvalue weighted by molar-refractivity contribution is 6.03. The number of hydrogen-bond donors (Lipinski definition) is 0. The number of rotatable bonds is 4. The van der Waals surface area contributed by atoms with Gasteiger partial charge < -0.3 is 14.2 Å². The molecule has 7 atom stereocenters. The lowest BCUT2D eigenvalue weighted by Gasteiger charge is -2.39. The number of benzene rings is 1. The lowest BCUT2D eigenvalue weighted by atomic mass is 9.76. The summed E-state index contributed by atoms with van der Waals surface area (Å²) < 4.78 is 17.9. The Bertz CT molecular complexity index is 1180. The summed E-state index contributed by atoms with van der Waals surface area (Å²) in [5.41, 5.74) is -0.203. The molecular weight excluding hydrogens is 484 g/mol. The zero-order valence-electron chi connectivity index (χ0n) is 23.1. The van der Waals surface area contributed by atoms with Crippen molar-refractivity contribution in [3.8, 4) is 0 Å². The van der Waals surface area contributed by atoms with E-state index < -0.39 is 41.6 Å². The molecule has 3 aliphatic rings. The van der Waals surface area contributed by atoms with Crippen molar-refractivity contribution in [2.45, 2.75) is 78.6 Å². The molecule has 2 saturated carbocycles. The smallest absolute Gasteiger partial charge is 0.338 e. The Labute approximate surface area is 224 Å². The number of esters is 3. The zero-order valence-corrected chi connectivity index (χ0v) is 23.1. The van der Waals surface area contributed by atoms with Crippen LogP contribution in [0.4, 0.5) is 0 Å². The average molecular weight is 523 g/mol. The molecular formula is C31H38O7. The second-order valence-electron chi connectivity index (χ2n) is 11.8. The number of carbonyl (C=O) groups is 4. The first-order chi connectivity index (χ1) is 17.8. The molecule has 38 heavy (non-hydrogen) atoms. The summed E-state index contributed by atoms with van der Waals surface area (Å²) in [4.78, 5) is 52.4. The van der Waals surface area contributed by atoms with Crippen LogP contribution < -0.4 is 0 Å². The molecule has 2 fully saturated rings. The third-order valence-electron chi connectivity index (χ3n) is 8.77. The summed E-state index contributed by atoms with van der Waals surface area (Å²) in [6, 6.07) is 8.56. The lowest BCUT2D eigenvalue weighted by Crippen LogP contribution is -2.55. The van der Waals surface area contributed by atoms with Crippen molar-refractivity contribution in [2.75, 3.05) is 0 Å². The van der Waals surface area contributed by atoms with E-state index in [1.165, 1.54) is 13.8 Å². The van der Waals surface area contributed by atoms with Crippen LogP contribution >= 0.6 is 0 Å². The minimum absolute atomic E-state index is 0.0165. The van der Waals surface area contributed by atoms with Crippen LogP contribution in [0.2, 0.25) is 0 Å². The van der Waals surface area contributed by atoms with Gasteiger partial charge in [0.1, 0.15) is 12.2 Å². The van der Waals surface area contributed by atoms with Gasteiger partial charge >= 0.3 is 17.9 Å². The van der Waals surface area contributed by atoms with Gasteiger partial charge in [-0.3, -0.25) is 14.4 Å². The Balaban J connectivity index is 1.87. The summed E-state index contributed by atoms with van der Waals surface area (Å²) in [6.07, 6.45) is 1.63. The summed E-state index contributed by atoms with van der Waals surface area (Å²) in [6.45, 7) is 14.8. The van der Waals surface area contributed by atoms with Crippen LogP contribution in [0, 0.1) is 29.1 Å². The van der Waals surface area contributed by atoms with Crippen molar-refractivity contribution < 1.29 is 33.4 Å². The predicted molar refractivity (Wildman–Crippen MR) is 141 cm³/mol. The Hall–Kier alpha value is -3.22. The maximum absolute atomic E-state index is 14.3. The lowest BCUT2D eigenvalue weighted by molar-refractivity contribution is -0.179. The van der Waals surface area contributed by atoms with Crippen LogP contribution in [0.5, 0.6) is 0 Å².